The molecular weight excluding hydrogens is 360 g/mol. The summed E-state index contributed by atoms with van der Waals surface area (Å²) >= 11 is 0. The fourth-order valence-electron chi connectivity index (χ4n) is 3.42. The van der Waals surface area contributed by atoms with Gasteiger partial charge in [-0.15, -0.1) is 0 Å². The Morgan fingerprint density at radius 2 is 1.62 bits per heavy atom. The normalized spacial score (nSPS) is 11.0. The summed E-state index contributed by atoms with van der Waals surface area (Å²) in [4.78, 5) is 4.79. The second kappa shape index (κ2) is 8.82. The highest BCUT2D eigenvalue weighted by molar-refractivity contribution is 5.75. The average Bonchev–Trinajstić information content (AvgIpc) is 3.11. The summed E-state index contributed by atoms with van der Waals surface area (Å²) in [6, 6.07) is 24.5. The van der Waals surface area contributed by atoms with Gasteiger partial charge in [0, 0.05) is 0 Å². The Morgan fingerprint density at radius 3 is 2.41 bits per heavy atom. The predicted molar refractivity (Wildman–Crippen MR) is 117 cm³/mol. The molecule has 4 rings (SSSR count). The molecule has 0 aliphatic rings. The number of aryl methyl sites for hydroxylation is 2. The van der Waals surface area contributed by atoms with Crippen LogP contribution in [0.5, 0.6) is 11.5 Å². The number of para-hydroxylation sites is 3. The lowest BCUT2D eigenvalue weighted by molar-refractivity contribution is 0.271. The molecule has 0 saturated heterocycles. The van der Waals surface area contributed by atoms with Crippen molar-refractivity contribution in [2.45, 2.75) is 33.4 Å². The van der Waals surface area contributed by atoms with Crippen LogP contribution >= 0.6 is 0 Å². The number of hydrogen-bond acceptors (Lipinski definition) is 3. The van der Waals surface area contributed by atoms with Crippen molar-refractivity contribution in [2.75, 3.05) is 6.61 Å². The smallest absolute Gasteiger partial charge is 0.148 e. The van der Waals surface area contributed by atoms with E-state index in [4.69, 9.17) is 14.5 Å². The van der Waals surface area contributed by atoms with Gasteiger partial charge in [-0.1, -0.05) is 49.4 Å². The monoisotopic (exact) mass is 386 g/mol. The molecule has 0 saturated carbocycles. The third kappa shape index (κ3) is 4.43. The van der Waals surface area contributed by atoms with Crippen molar-refractivity contribution in [3.8, 4) is 11.5 Å². The molecule has 0 amide bonds. The minimum Gasteiger partial charge on any atom is -0.491 e. The fraction of sp³-hybridized carbons (Fsp3) is 0.240. The van der Waals surface area contributed by atoms with E-state index in [-0.39, 0.29) is 0 Å². The maximum Gasteiger partial charge on any atom is 0.148 e. The van der Waals surface area contributed by atoms with Gasteiger partial charge in [-0.05, 0) is 54.8 Å². The van der Waals surface area contributed by atoms with Gasteiger partial charge in [0.1, 0.15) is 30.5 Å². The van der Waals surface area contributed by atoms with E-state index in [2.05, 4.69) is 42.7 Å². The molecule has 1 aromatic heterocycles. The lowest BCUT2D eigenvalue weighted by atomic mass is 10.2. The summed E-state index contributed by atoms with van der Waals surface area (Å²) in [5.41, 5.74) is 4.52. The van der Waals surface area contributed by atoms with Crippen molar-refractivity contribution in [3.63, 3.8) is 0 Å². The van der Waals surface area contributed by atoms with Crippen LogP contribution in [0.25, 0.3) is 11.0 Å². The van der Waals surface area contributed by atoms with E-state index in [0.717, 1.165) is 40.3 Å². The minimum absolute atomic E-state index is 0.421. The van der Waals surface area contributed by atoms with Crippen LogP contribution in [0.4, 0.5) is 0 Å². The van der Waals surface area contributed by atoms with E-state index in [0.29, 0.717) is 19.8 Å². The van der Waals surface area contributed by atoms with Gasteiger partial charge in [0.2, 0.25) is 0 Å². The minimum atomic E-state index is 0.421. The first-order chi connectivity index (χ1) is 14.2. The first-order valence-corrected chi connectivity index (χ1v) is 10.1. The highest BCUT2D eigenvalue weighted by Gasteiger charge is 2.11. The molecule has 4 nitrogen and oxygen atoms in total. The molecule has 0 aliphatic heterocycles. The lowest BCUT2D eigenvalue weighted by Crippen LogP contribution is -2.13. The summed E-state index contributed by atoms with van der Waals surface area (Å²) in [5.74, 6) is 2.68. The quantitative estimate of drug-likeness (QED) is 0.397. The molecule has 29 heavy (non-hydrogen) atoms. The largest absolute Gasteiger partial charge is 0.491 e. The van der Waals surface area contributed by atoms with Crippen LogP contribution in [0.15, 0.2) is 72.8 Å². The van der Waals surface area contributed by atoms with Gasteiger partial charge >= 0.3 is 0 Å². The van der Waals surface area contributed by atoms with E-state index < -0.39 is 0 Å². The Morgan fingerprint density at radius 1 is 0.862 bits per heavy atom. The highest BCUT2D eigenvalue weighted by atomic mass is 16.5. The first-order valence-electron chi connectivity index (χ1n) is 10.1. The van der Waals surface area contributed by atoms with Gasteiger partial charge < -0.3 is 14.0 Å². The average molecular weight is 386 g/mol. The highest BCUT2D eigenvalue weighted by Crippen LogP contribution is 2.20. The maximum absolute atomic E-state index is 6.02. The molecule has 0 radical (unpaired) electrons. The van der Waals surface area contributed by atoms with Gasteiger partial charge in [0.05, 0.1) is 17.6 Å². The second-order valence-corrected chi connectivity index (χ2v) is 7.07. The van der Waals surface area contributed by atoms with Crippen LogP contribution < -0.4 is 9.47 Å². The molecule has 0 N–H and O–H groups in total. The molecule has 3 aromatic carbocycles. The van der Waals surface area contributed by atoms with Gasteiger partial charge in [0.25, 0.3) is 0 Å². The molecule has 0 unspecified atom stereocenters. The number of benzene rings is 3. The van der Waals surface area contributed by atoms with Crippen molar-refractivity contribution in [1.29, 1.82) is 0 Å². The number of nitrogens with zero attached hydrogens (tertiary/aromatic N) is 2. The fourth-order valence-corrected chi connectivity index (χ4v) is 3.42. The van der Waals surface area contributed by atoms with E-state index in [1.54, 1.807) is 0 Å². The van der Waals surface area contributed by atoms with Crippen LogP contribution in [0, 0.1) is 6.92 Å². The Balaban J connectivity index is 1.50. The summed E-state index contributed by atoms with van der Waals surface area (Å²) in [6.07, 6.45) is 1.02. The Hall–Kier alpha value is -3.27. The van der Waals surface area contributed by atoms with Gasteiger partial charge in [0.15, 0.2) is 0 Å². The molecule has 0 aliphatic carbocycles. The van der Waals surface area contributed by atoms with Gasteiger partial charge in [-0.2, -0.15) is 0 Å². The zero-order chi connectivity index (χ0) is 20.1. The number of rotatable bonds is 8. The topological polar surface area (TPSA) is 36.3 Å². The molecule has 1 heterocycles. The summed E-state index contributed by atoms with van der Waals surface area (Å²) in [6.45, 7) is 5.92. The van der Waals surface area contributed by atoms with E-state index in [9.17, 15) is 0 Å². The van der Waals surface area contributed by atoms with Crippen LogP contribution in [0.3, 0.4) is 0 Å². The second-order valence-electron chi connectivity index (χ2n) is 7.07. The summed E-state index contributed by atoms with van der Waals surface area (Å²) in [5, 5.41) is 0. The number of fused-ring (bicyclic) bond motifs is 1. The molecule has 4 aromatic rings. The molecule has 0 fully saturated rings. The number of hydrogen-bond donors (Lipinski definition) is 0. The number of ether oxygens (including phenoxy) is 2. The van der Waals surface area contributed by atoms with Crippen molar-refractivity contribution in [3.05, 3.63) is 89.7 Å². The predicted octanol–water partition coefficient (Wildman–Crippen LogP) is 5.57. The third-order valence-electron chi connectivity index (χ3n) is 5.10. The van der Waals surface area contributed by atoms with Crippen LogP contribution in [0.1, 0.15) is 23.9 Å². The van der Waals surface area contributed by atoms with Gasteiger partial charge in [-0.25, -0.2) is 4.98 Å². The molecular formula is C25H26N2O2. The standard InChI is InChI=1S/C25H26N2O2/c1-3-20-12-14-21(15-13-20)29-18-25-26-22-9-5-6-10-23(22)27(25)16-17-28-24-11-7-4-8-19(24)2/h4-15H,3,16-18H2,1-2H3. The van der Waals surface area contributed by atoms with Crippen LogP contribution in [-0.4, -0.2) is 16.2 Å². The van der Waals surface area contributed by atoms with Crippen molar-refractivity contribution >= 4 is 11.0 Å². The van der Waals surface area contributed by atoms with E-state index >= 15 is 0 Å². The lowest BCUT2D eigenvalue weighted by Gasteiger charge is -2.13. The molecule has 148 valence electrons. The van der Waals surface area contributed by atoms with Crippen molar-refractivity contribution in [1.82, 2.24) is 9.55 Å². The first kappa shape index (κ1) is 19.1. The zero-order valence-corrected chi connectivity index (χ0v) is 17.0. The van der Waals surface area contributed by atoms with Gasteiger partial charge in [-0.3, -0.25) is 0 Å². The number of imidazole rings is 1. The third-order valence-corrected chi connectivity index (χ3v) is 5.10. The van der Waals surface area contributed by atoms with E-state index in [1.807, 2.05) is 48.5 Å². The molecule has 0 bridgehead atoms. The van der Waals surface area contributed by atoms with Crippen molar-refractivity contribution in [2.24, 2.45) is 0 Å². The molecule has 4 heteroatoms. The molecule has 0 spiro atoms. The van der Waals surface area contributed by atoms with Crippen molar-refractivity contribution < 1.29 is 9.47 Å². The number of aromatic nitrogens is 2. The summed E-state index contributed by atoms with van der Waals surface area (Å²) < 4.78 is 14.2. The summed E-state index contributed by atoms with van der Waals surface area (Å²) in [7, 11) is 0. The van der Waals surface area contributed by atoms with Crippen LogP contribution in [0.2, 0.25) is 0 Å². The maximum atomic E-state index is 6.02. The SMILES string of the molecule is CCc1ccc(OCc2nc3ccccc3n2CCOc2ccccc2C)cc1. The Kier molecular flexibility index (Phi) is 5.80. The Bertz CT molecular complexity index is 1080. The van der Waals surface area contributed by atoms with Crippen LogP contribution in [-0.2, 0) is 19.6 Å². The molecule has 0 atom stereocenters. The van der Waals surface area contributed by atoms with E-state index in [1.165, 1.54) is 5.56 Å². The Labute approximate surface area is 171 Å². The zero-order valence-electron chi connectivity index (χ0n) is 17.0.